The van der Waals surface area contributed by atoms with Gasteiger partial charge in [-0.15, -0.1) is 0 Å². The number of amides is 1. The third-order valence-electron chi connectivity index (χ3n) is 1.95. The number of carbonyl (C=O) groups excluding carboxylic acids is 1. The van der Waals surface area contributed by atoms with Crippen LogP contribution in [0.3, 0.4) is 0 Å². The number of nitrogens with one attached hydrogen (secondary N) is 1. The summed E-state index contributed by atoms with van der Waals surface area (Å²) in [5, 5.41) is 11.5. The lowest BCUT2D eigenvalue weighted by molar-refractivity contribution is -0.121. The van der Waals surface area contributed by atoms with Gasteiger partial charge in [0.05, 0.1) is 0 Å². The van der Waals surface area contributed by atoms with Crippen LogP contribution in [-0.4, -0.2) is 28.1 Å². The van der Waals surface area contributed by atoms with Crippen molar-refractivity contribution < 1.29 is 14.7 Å². The first-order valence-corrected chi connectivity index (χ1v) is 4.80. The van der Waals surface area contributed by atoms with Crippen LogP contribution >= 0.6 is 0 Å². The second-order valence-electron chi connectivity index (χ2n) is 3.56. The Labute approximate surface area is 93.4 Å². The van der Waals surface area contributed by atoms with Gasteiger partial charge in [0.1, 0.15) is 12.2 Å². The van der Waals surface area contributed by atoms with Gasteiger partial charge in [-0.25, -0.2) is 4.79 Å². The van der Waals surface area contributed by atoms with Crippen molar-refractivity contribution in [1.29, 1.82) is 0 Å². The molecule has 5 heteroatoms. The second-order valence-corrected chi connectivity index (χ2v) is 3.56. The van der Waals surface area contributed by atoms with Gasteiger partial charge in [-0.1, -0.05) is 12.2 Å². The average Bonchev–Trinajstić information content (AvgIpc) is 2.62. The number of carbonyl (C=O) groups is 2. The molecule has 86 valence electrons. The van der Waals surface area contributed by atoms with Crippen molar-refractivity contribution in [3.8, 4) is 0 Å². The van der Waals surface area contributed by atoms with Crippen LogP contribution in [0.2, 0.25) is 0 Å². The molecule has 1 rings (SSSR count). The molecule has 16 heavy (non-hydrogen) atoms. The maximum Gasteiger partial charge on any atom is 0.352 e. The molecule has 0 unspecified atom stereocenters. The van der Waals surface area contributed by atoms with Crippen molar-refractivity contribution in [2.75, 3.05) is 6.54 Å². The molecule has 0 spiro atoms. The Bertz CT molecular complexity index is 421. The van der Waals surface area contributed by atoms with E-state index in [1.807, 2.05) is 0 Å². The number of aromatic carboxylic acids is 1. The molecule has 1 heterocycles. The minimum absolute atomic E-state index is 0.00190. The first-order chi connectivity index (χ1) is 7.50. The normalized spacial score (nSPS) is 9.81. The molecule has 0 bridgehead atoms. The predicted octanol–water partition coefficient (Wildman–Crippen LogP) is 0.879. The highest BCUT2D eigenvalue weighted by Crippen LogP contribution is 2.01. The summed E-state index contributed by atoms with van der Waals surface area (Å²) in [6.07, 6.45) is 1.56. The van der Waals surface area contributed by atoms with Crippen molar-refractivity contribution in [3.05, 3.63) is 36.2 Å². The zero-order valence-corrected chi connectivity index (χ0v) is 9.06. The Kier molecular flexibility index (Phi) is 3.88. The van der Waals surface area contributed by atoms with E-state index in [4.69, 9.17) is 5.11 Å². The number of carboxylic acids is 1. The molecule has 0 saturated carbocycles. The van der Waals surface area contributed by atoms with Gasteiger partial charge in [-0.2, -0.15) is 0 Å². The minimum atomic E-state index is -1.04. The van der Waals surface area contributed by atoms with Crippen molar-refractivity contribution in [1.82, 2.24) is 9.88 Å². The molecule has 0 fully saturated rings. The van der Waals surface area contributed by atoms with E-state index in [-0.39, 0.29) is 18.1 Å². The summed E-state index contributed by atoms with van der Waals surface area (Å²) in [6, 6.07) is 3.05. The highest BCUT2D eigenvalue weighted by molar-refractivity contribution is 5.86. The van der Waals surface area contributed by atoms with Crippen molar-refractivity contribution in [3.63, 3.8) is 0 Å². The van der Waals surface area contributed by atoms with Crippen LogP contribution in [0, 0.1) is 0 Å². The standard InChI is InChI=1S/C11H14N2O3/c1-8(2)6-12-10(14)7-13-5-3-4-9(13)11(15)16/h3-5H,1,6-7H2,2H3,(H,12,14)(H,15,16). The van der Waals surface area contributed by atoms with Crippen molar-refractivity contribution in [2.45, 2.75) is 13.5 Å². The molecule has 2 N–H and O–H groups in total. The summed E-state index contributed by atoms with van der Waals surface area (Å²) in [7, 11) is 0. The van der Waals surface area contributed by atoms with E-state index in [1.54, 1.807) is 19.2 Å². The number of hydrogen-bond donors (Lipinski definition) is 2. The smallest absolute Gasteiger partial charge is 0.352 e. The number of aromatic nitrogens is 1. The molecule has 0 aliphatic rings. The number of rotatable bonds is 5. The first-order valence-electron chi connectivity index (χ1n) is 4.80. The Morgan fingerprint density at radius 3 is 2.81 bits per heavy atom. The van der Waals surface area contributed by atoms with Gasteiger partial charge in [0.25, 0.3) is 0 Å². The fourth-order valence-electron chi connectivity index (χ4n) is 1.21. The Hall–Kier alpha value is -2.04. The van der Waals surface area contributed by atoms with E-state index < -0.39 is 5.97 Å². The average molecular weight is 222 g/mol. The SMILES string of the molecule is C=C(C)CNC(=O)Cn1cccc1C(=O)O. The molecule has 1 aromatic rings. The Balaban J connectivity index is 2.59. The van der Waals surface area contributed by atoms with Crippen LogP contribution in [-0.2, 0) is 11.3 Å². The lowest BCUT2D eigenvalue weighted by Crippen LogP contribution is -2.29. The van der Waals surface area contributed by atoms with Crippen LogP contribution < -0.4 is 5.32 Å². The summed E-state index contributed by atoms with van der Waals surface area (Å²) in [5.74, 6) is -1.28. The van der Waals surface area contributed by atoms with Crippen LogP contribution in [0.5, 0.6) is 0 Å². The molecule has 0 aliphatic carbocycles. The summed E-state index contributed by atoms with van der Waals surface area (Å²) in [6.45, 7) is 5.87. The van der Waals surface area contributed by atoms with Crippen molar-refractivity contribution in [2.24, 2.45) is 0 Å². The number of hydrogen-bond acceptors (Lipinski definition) is 2. The summed E-state index contributed by atoms with van der Waals surface area (Å²) < 4.78 is 1.39. The highest BCUT2D eigenvalue weighted by Gasteiger charge is 2.10. The molecule has 0 aliphatic heterocycles. The minimum Gasteiger partial charge on any atom is -0.477 e. The first kappa shape index (κ1) is 12.0. The van der Waals surface area contributed by atoms with Gasteiger partial charge in [-0.3, -0.25) is 4.79 Å². The van der Waals surface area contributed by atoms with E-state index in [9.17, 15) is 9.59 Å². The van der Waals surface area contributed by atoms with E-state index >= 15 is 0 Å². The third-order valence-corrected chi connectivity index (χ3v) is 1.95. The zero-order valence-electron chi connectivity index (χ0n) is 9.06. The molecule has 1 aromatic heterocycles. The van der Waals surface area contributed by atoms with Crippen LogP contribution in [0.25, 0.3) is 0 Å². The molecular formula is C11H14N2O3. The van der Waals surface area contributed by atoms with Crippen molar-refractivity contribution >= 4 is 11.9 Å². The monoisotopic (exact) mass is 222 g/mol. The van der Waals surface area contributed by atoms with E-state index in [0.717, 1.165) is 5.57 Å². The van der Waals surface area contributed by atoms with Gasteiger partial charge in [0, 0.05) is 12.7 Å². The molecule has 0 saturated heterocycles. The predicted molar refractivity (Wildman–Crippen MR) is 59.2 cm³/mol. The number of carboxylic acid groups (broad SMARTS) is 1. The molecule has 0 atom stereocenters. The lowest BCUT2D eigenvalue weighted by Gasteiger charge is -2.07. The van der Waals surface area contributed by atoms with Gasteiger partial charge < -0.3 is 15.0 Å². The van der Waals surface area contributed by atoms with Gasteiger partial charge in [0.2, 0.25) is 5.91 Å². The van der Waals surface area contributed by atoms with Crippen LogP contribution in [0.15, 0.2) is 30.5 Å². The van der Waals surface area contributed by atoms with Crippen LogP contribution in [0.1, 0.15) is 17.4 Å². The maximum absolute atomic E-state index is 11.4. The molecule has 5 nitrogen and oxygen atoms in total. The Morgan fingerprint density at radius 2 is 2.25 bits per heavy atom. The summed E-state index contributed by atoms with van der Waals surface area (Å²) >= 11 is 0. The molecule has 0 aromatic carbocycles. The fourth-order valence-corrected chi connectivity index (χ4v) is 1.21. The maximum atomic E-state index is 11.4. The van der Waals surface area contributed by atoms with E-state index in [2.05, 4.69) is 11.9 Å². The van der Waals surface area contributed by atoms with Gasteiger partial charge in [0.15, 0.2) is 0 Å². The molecule has 1 amide bonds. The molecule has 0 radical (unpaired) electrons. The lowest BCUT2D eigenvalue weighted by atomic mass is 10.3. The van der Waals surface area contributed by atoms with Gasteiger partial charge in [-0.05, 0) is 19.1 Å². The second kappa shape index (κ2) is 5.16. The van der Waals surface area contributed by atoms with Gasteiger partial charge >= 0.3 is 5.97 Å². The zero-order chi connectivity index (χ0) is 12.1. The summed E-state index contributed by atoms with van der Waals surface area (Å²) in [4.78, 5) is 22.2. The summed E-state index contributed by atoms with van der Waals surface area (Å²) in [5.41, 5.74) is 0.949. The molecular weight excluding hydrogens is 208 g/mol. The topological polar surface area (TPSA) is 71.3 Å². The fraction of sp³-hybridized carbons (Fsp3) is 0.273. The number of nitrogens with zero attached hydrogens (tertiary/aromatic N) is 1. The quantitative estimate of drug-likeness (QED) is 0.726. The highest BCUT2D eigenvalue weighted by atomic mass is 16.4. The largest absolute Gasteiger partial charge is 0.477 e. The third kappa shape index (κ3) is 3.27. The Morgan fingerprint density at radius 1 is 1.56 bits per heavy atom. The van der Waals surface area contributed by atoms with E-state index in [1.165, 1.54) is 10.6 Å². The van der Waals surface area contributed by atoms with Crippen LogP contribution in [0.4, 0.5) is 0 Å². The van der Waals surface area contributed by atoms with E-state index in [0.29, 0.717) is 6.54 Å².